The number of hydrogen-bond acceptors (Lipinski definition) is 0. The Balaban J connectivity index is 2.19. The molecule has 0 aromatic carbocycles. The van der Waals surface area contributed by atoms with Gasteiger partial charge in [0.2, 0.25) is 0 Å². The number of allylic oxidation sites excluding steroid dienone is 2. The van der Waals surface area contributed by atoms with E-state index in [-0.39, 0.29) is 0 Å². The minimum absolute atomic E-state index is 0.575. The number of hydrogen-bond donors (Lipinski definition) is 0. The summed E-state index contributed by atoms with van der Waals surface area (Å²) in [4.78, 5) is 0. The van der Waals surface area contributed by atoms with Crippen molar-refractivity contribution in [2.75, 3.05) is 0 Å². The molecule has 0 heterocycles. The molecule has 2 saturated carbocycles. The summed E-state index contributed by atoms with van der Waals surface area (Å²) in [6, 6.07) is 0. The predicted molar refractivity (Wildman–Crippen MR) is 85.2 cm³/mol. The van der Waals surface area contributed by atoms with Gasteiger partial charge in [-0.05, 0) is 67.6 Å². The molecule has 1 unspecified atom stereocenters. The molecule has 0 aliphatic heterocycles. The van der Waals surface area contributed by atoms with E-state index in [9.17, 15) is 0 Å². The van der Waals surface area contributed by atoms with Gasteiger partial charge in [0.1, 0.15) is 0 Å². The zero-order valence-electron chi connectivity index (χ0n) is 13.8. The normalized spacial score (nSPS) is 42.3. The number of rotatable bonds is 3. The lowest BCUT2D eigenvalue weighted by atomic mass is 9.46. The van der Waals surface area contributed by atoms with Crippen LogP contribution < -0.4 is 0 Å². The van der Waals surface area contributed by atoms with Crippen molar-refractivity contribution < 1.29 is 0 Å². The van der Waals surface area contributed by atoms with Crippen LogP contribution in [0.25, 0.3) is 0 Å². The summed E-state index contributed by atoms with van der Waals surface area (Å²) in [5, 5.41) is 0. The largest absolute Gasteiger partial charge is 0.0917 e. The van der Waals surface area contributed by atoms with Crippen molar-refractivity contribution in [2.24, 2.45) is 28.6 Å². The molecule has 4 atom stereocenters. The molecule has 0 nitrogen and oxygen atoms in total. The molecule has 2 aliphatic carbocycles. The fourth-order valence-electron chi connectivity index (χ4n) is 5.67. The summed E-state index contributed by atoms with van der Waals surface area (Å²) in [5.41, 5.74) is 1.19. The van der Waals surface area contributed by atoms with E-state index >= 15 is 0 Å². The van der Waals surface area contributed by atoms with Gasteiger partial charge in [0, 0.05) is 0 Å². The summed E-state index contributed by atoms with van der Waals surface area (Å²) < 4.78 is 0. The smallest absolute Gasteiger partial charge is 0.0261 e. The van der Waals surface area contributed by atoms with Gasteiger partial charge in [0.05, 0.1) is 0 Å². The van der Waals surface area contributed by atoms with Crippen LogP contribution >= 0.6 is 0 Å². The summed E-state index contributed by atoms with van der Waals surface area (Å²) in [7, 11) is 0. The molecule has 0 aromatic rings. The van der Waals surface area contributed by atoms with Gasteiger partial charge in [0.15, 0.2) is 0 Å². The molecule has 0 saturated heterocycles. The van der Waals surface area contributed by atoms with Crippen LogP contribution in [0.1, 0.15) is 79.6 Å². The van der Waals surface area contributed by atoms with Gasteiger partial charge in [0.25, 0.3) is 0 Å². The molecule has 0 heteroatoms. The average Bonchev–Trinajstić information content (AvgIpc) is 2.31. The molecule has 19 heavy (non-hydrogen) atoms. The van der Waals surface area contributed by atoms with Crippen molar-refractivity contribution in [3.8, 4) is 0 Å². The highest BCUT2D eigenvalue weighted by Crippen LogP contribution is 2.61. The Hall–Kier alpha value is -0.260. The van der Waals surface area contributed by atoms with Gasteiger partial charge in [-0.2, -0.15) is 0 Å². The van der Waals surface area contributed by atoms with E-state index in [1.54, 1.807) is 0 Å². The zero-order valence-corrected chi connectivity index (χ0v) is 13.8. The maximum absolute atomic E-state index is 2.63. The van der Waals surface area contributed by atoms with Gasteiger partial charge in [-0.25, -0.2) is 0 Å². The summed E-state index contributed by atoms with van der Waals surface area (Å²) in [5.74, 6) is 2.84. The topological polar surface area (TPSA) is 0 Å². The van der Waals surface area contributed by atoms with E-state index in [4.69, 9.17) is 0 Å². The Morgan fingerprint density at radius 2 is 1.84 bits per heavy atom. The van der Waals surface area contributed by atoms with E-state index in [1.165, 1.54) is 44.9 Å². The van der Waals surface area contributed by atoms with Crippen LogP contribution in [0.15, 0.2) is 12.2 Å². The Bertz CT molecular complexity index is 325. The van der Waals surface area contributed by atoms with Crippen LogP contribution in [-0.4, -0.2) is 0 Å². The van der Waals surface area contributed by atoms with Gasteiger partial charge in [-0.1, -0.05) is 52.7 Å². The molecule has 0 spiro atoms. The standard InChI is InChI=1S/C19H34/c1-6-7-8-10-16-15(2)11-12-17-18(3,4)13-9-14-19(16,17)5/h6-7,15-17H,8-14H2,1-5H3/b7-6+/t15-,16?,17-,19+/m0/s1. The Morgan fingerprint density at radius 3 is 2.53 bits per heavy atom. The molecular formula is C19H34. The third-order valence-electron chi connectivity index (χ3n) is 6.60. The quantitative estimate of drug-likeness (QED) is 0.529. The Morgan fingerprint density at radius 1 is 1.11 bits per heavy atom. The van der Waals surface area contributed by atoms with Crippen molar-refractivity contribution in [1.82, 2.24) is 0 Å². The minimum atomic E-state index is 0.575. The third-order valence-corrected chi connectivity index (χ3v) is 6.60. The Labute approximate surface area is 121 Å². The monoisotopic (exact) mass is 262 g/mol. The lowest BCUT2D eigenvalue weighted by Gasteiger charge is -2.59. The number of fused-ring (bicyclic) bond motifs is 1. The second-order valence-electron chi connectivity index (χ2n) is 8.21. The van der Waals surface area contributed by atoms with Crippen molar-refractivity contribution in [3.05, 3.63) is 12.2 Å². The van der Waals surface area contributed by atoms with Crippen LogP contribution in [0.5, 0.6) is 0 Å². The maximum atomic E-state index is 2.63. The van der Waals surface area contributed by atoms with Crippen LogP contribution in [0, 0.1) is 28.6 Å². The van der Waals surface area contributed by atoms with E-state index < -0.39 is 0 Å². The Kier molecular flexibility index (Phi) is 4.48. The van der Waals surface area contributed by atoms with Crippen molar-refractivity contribution >= 4 is 0 Å². The van der Waals surface area contributed by atoms with Crippen molar-refractivity contribution in [2.45, 2.75) is 79.6 Å². The first-order valence-corrected chi connectivity index (χ1v) is 8.53. The molecule has 0 radical (unpaired) electrons. The highest BCUT2D eigenvalue weighted by molar-refractivity contribution is 5.03. The minimum Gasteiger partial charge on any atom is -0.0917 e. The first kappa shape index (κ1) is 15.1. The fraction of sp³-hybridized carbons (Fsp3) is 0.895. The SMILES string of the molecule is C/C=C/CCC1[C@@H](C)CC[C@H]2C(C)(C)CCC[C@]12C. The van der Waals surface area contributed by atoms with Crippen molar-refractivity contribution in [1.29, 1.82) is 0 Å². The lowest BCUT2D eigenvalue weighted by molar-refractivity contribution is -0.0955. The van der Waals surface area contributed by atoms with Crippen LogP contribution in [-0.2, 0) is 0 Å². The summed E-state index contributed by atoms with van der Waals surface area (Å²) >= 11 is 0. The van der Waals surface area contributed by atoms with E-state index in [0.717, 1.165) is 17.8 Å². The predicted octanol–water partition coefficient (Wildman–Crippen LogP) is 6.22. The first-order chi connectivity index (χ1) is 8.92. The van der Waals surface area contributed by atoms with Gasteiger partial charge < -0.3 is 0 Å². The van der Waals surface area contributed by atoms with Crippen LogP contribution in [0.2, 0.25) is 0 Å². The third kappa shape index (κ3) is 2.78. The second kappa shape index (κ2) is 5.62. The first-order valence-electron chi connectivity index (χ1n) is 8.53. The maximum Gasteiger partial charge on any atom is -0.0261 e. The van der Waals surface area contributed by atoms with E-state index in [2.05, 4.69) is 46.8 Å². The van der Waals surface area contributed by atoms with Gasteiger partial charge in [-0.15, -0.1) is 0 Å². The molecule has 0 amide bonds. The van der Waals surface area contributed by atoms with Crippen LogP contribution in [0.4, 0.5) is 0 Å². The second-order valence-corrected chi connectivity index (χ2v) is 8.21. The molecule has 110 valence electrons. The molecule has 0 N–H and O–H groups in total. The van der Waals surface area contributed by atoms with Gasteiger partial charge in [-0.3, -0.25) is 0 Å². The van der Waals surface area contributed by atoms with E-state index in [1.807, 2.05) is 0 Å². The fourth-order valence-corrected chi connectivity index (χ4v) is 5.67. The summed E-state index contributed by atoms with van der Waals surface area (Å²) in [6.07, 6.45) is 14.6. The highest BCUT2D eigenvalue weighted by Gasteiger charge is 2.53. The molecule has 2 aliphatic rings. The van der Waals surface area contributed by atoms with Crippen LogP contribution in [0.3, 0.4) is 0 Å². The summed E-state index contributed by atoms with van der Waals surface area (Å²) in [6.45, 7) is 12.4. The van der Waals surface area contributed by atoms with Crippen molar-refractivity contribution in [3.63, 3.8) is 0 Å². The lowest BCUT2D eigenvalue weighted by Crippen LogP contribution is -2.51. The zero-order chi connectivity index (χ0) is 14.1. The van der Waals surface area contributed by atoms with Gasteiger partial charge >= 0.3 is 0 Å². The molecule has 0 aromatic heterocycles. The van der Waals surface area contributed by atoms with E-state index in [0.29, 0.717) is 10.8 Å². The highest BCUT2D eigenvalue weighted by atomic mass is 14.6. The molecule has 2 fully saturated rings. The molecular weight excluding hydrogens is 228 g/mol. The molecule has 0 bridgehead atoms. The molecule has 2 rings (SSSR count). The average molecular weight is 262 g/mol.